The SMILES string of the molecule is O=C(O)CSc1nc2sccc2c(=O)[nH]1. The van der Waals surface area contributed by atoms with Gasteiger partial charge in [0.1, 0.15) is 4.83 Å². The molecule has 0 aliphatic carbocycles. The van der Waals surface area contributed by atoms with Crippen LogP contribution in [0.2, 0.25) is 0 Å². The van der Waals surface area contributed by atoms with E-state index in [1.54, 1.807) is 11.4 Å². The van der Waals surface area contributed by atoms with E-state index in [0.717, 1.165) is 11.8 Å². The molecule has 2 heterocycles. The number of hydrogen-bond acceptors (Lipinski definition) is 5. The van der Waals surface area contributed by atoms with Gasteiger partial charge in [0, 0.05) is 0 Å². The Hall–Kier alpha value is -1.34. The summed E-state index contributed by atoms with van der Waals surface area (Å²) in [5.41, 5.74) is -0.228. The van der Waals surface area contributed by atoms with Crippen molar-refractivity contribution in [2.24, 2.45) is 0 Å². The first-order valence-electron chi connectivity index (χ1n) is 3.99. The van der Waals surface area contributed by atoms with Gasteiger partial charge >= 0.3 is 5.97 Å². The van der Waals surface area contributed by atoms with E-state index in [1.807, 2.05) is 0 Å². The van der Waals surface area contributed by atoms with Crippen molar-refractivity contribution in [3.8, 4) is 0 Å². The molecule has 0 bridgehead atoms. The highest BCUT2D eigenvalue weighted by atomic mass is 32.2. The van der Waals surface area contributed by atoms with Crippen LogP contribution >= 0.6 is 23.1 Å². The number of carboxylic acids is 1. The first-order valence-corrected chi connectivity index (χ1v) is 5.85. The maximum atomic E-state index is 11.5. The van der Waals surface area contributed by atoms with Crippen molar-refractivity contribution in [1.82, 2.24) is 9.97 Å². The summed E-state index contributed by atoms with van der Waals surface area (Å²) in [5.74, 6) is -1.05. The Morgan fingerprint density at radius 3 is 3.20 bits per heavy atom. The zero-order valence-corrected chi connectivity index (χ0v) is 9.02. The van der Waals surface area contributed by atoms with Crippen LogP contribution in [-0.4, -0.2) is 26.8 Å². The number of carbonyl (C=O) groups is 1. The van der Waals surface area contributed by atoms with Crippen LogP contribution in [0.25, 0.3) is 10.2 Å². The summed E-state index contributed by atoms with van der Waals surface area (Å²) in [4.78, 5) is 29.1. The van der Waals surface area contributed by atoms with E-state index >= 15 is 0 Å². The first-order chi connectivity index (χ1) is 7.16. The van der Waals surface area contributed by atoms with Crippen LogP contribution in [0.5, 0.6) is 0 Å². The number of aromatic amines is 1. The van der Waals surface area contributed by atoms with Gasteiger partial charge in [0.15, 0.2) is 5.16 Å². The topological polar surface area (TPSA) is 83.0 Å². The number of rotatable bonds is 3. The molecule has 0 amide bonds. The van der Waals surface area contributed by atoms with Crippen LogP contribution in [0, 0.1) is 0 Å². The molecule has 0 fully saturated rings. The molecule has 2 rings (SSSR count). The lowest BCUT2D eigenvalue weighted by Crippen LogP contribution is -2.08. The highest BCUT2D eigenvalue weighted by molar-refractivity contribution is 7.99. The predicted molar refractivity (Wildman–Crippen MR) is 58.6 cm³/mol. The minimum Gasteiger partial charge on any atom is -0.481 e. The van der Waals surface area contributed by atoms with Gasteiger partial charge in [-0.05, 0) is 11.4 Å². The van der Waals surface area contributed by atoms with Gasteiger partial charge < -0.3 is 10.1 Å². The Balaban J connectivity index is 2.36. The number of thiophene rings is 1. The molecule has 2 N–H and O–H groups in total. The Kier molecular flexibility index (Phi) is 2.74. The number of nitrogens with one attached hydrogen (secondary N) is 1. The average molecular weight is 242 g/mol. The Morgan fingerprint density at radius 2 is 2.47 bits per heavy atom. The van der Waals surface area contributed by atoms with Crippen molar-refractivity contribution in [3.05, 3.63) is 21.8 Å². The smallest absolute Gasteiger partial charge is 0.313 e. The van der Waals surface area contributed by atoms with E-state index < -0.39 is 5.97 Å². The van der Waals surface area contributed by atoms with Gasteiger partial charge in [-0.3, -0.25) is 9.59 Å². The van der Waals surface area contributed by atoms with Crippen molar-refractivity contribution in [2.75, 3.05) is 5.75 Å². The second kappa shape index (κ2) is 4.03. The lowest BCUT2D eigenvalue weighted by molar-refractivity contribution is -0.133. The van der Waals surface area contributed by atoms with Crippen LogP contribution in [0.3, 0.4) is 0 Å². The molecule has 0 saturated carbocycles. The van der Waals surface area contributed by atoms with Crippen LogP contribution in [0.15, 0.2) is 21.4 Å². The van der Waals surface area contributed by atoms with Crippen LogP contribution in [0.1, 0.15) is 0 Å². The molecule has 0 atom stereocenters. The summed E-state index contributed by atoms with van der Waals surface area (Å²) in [7, 11) is 0. The van der Waals surface area contributed by atoms with Crippen molar-refractivity contribution >= 4 is 39.3 Å². The summed E-state index contributed by atoms with van der Waals surface area (Å²) < 4.78 is 0. The second-order valence-corrected chi connectivity index (χ2v) is 4.55. The second-order valence-electron chi connectivity index (χ2n) is 2.69. The number of hydrogen-bond donors (Lipinski definition) is 2. The molecule has 0 aliphatic rings. The normalized spacial score (nSPS) is 10.7. The number of aromatic nitrogens is 2. The molecule has 78 valence electrons. The number of fused-ring (bicyclic) bond motifs is 1. The number of H-pyrrole nitrogens is 1. The first kappa shape index (κ1) is 10.2. The summed E-state index contributed by atoms with van der Waals surface area (Å²) in [6.07, 6.45) is 0. The van der Waals surface area contributed by atoms with Gasteiger partial charge in [-0.1, -0.05) is 11.8 Å². The van der Waals surface area contributed by atoms with E-state index in [9.17, 15) is 9.59 Å². The van der Waals surface area contributed by atoms with E-state index in [4.69, 9.17) is 5.11 Å². The quantitative estimate of drug-likeness (QED) is 0.623. The average Bonchev–Trinajstić information content (AvgIpc) is 2.63. The number of aliphatic carboxylic acids is 1. The third-order valence-electron chi connectivity index (χ3n) is 1.65. The number of carboxylic acid groups (broad SMARTS) is 1. The van der Waals surface area contributed by atoms with E-state index in [2.05, 4.69) is 9.97 Å². The standard InChI is InChI=1S/C8H6N2O3S2/c11-5(12)3-15-8-9-6(13)4-1-2-14-7(4)10-8/h1-2H,3H2,(H,11,12)(H,9,10,13). The fourth-order valence-electron chi connectivity index (χ4n) is 1.04. The van der Waals surface area contributed by atoms with Gasteiger partial charge in [-0.15, -0.1) is 11.3 Å². The molecule has 7 heteroatoms. The highest BCUT2D eigenvalue weighted by Crippen LogP contribution is 2.18. The molecule has 2 aromatic rings. The molecule has 0 radical (unpaired) electrons. The summed E-state index contributed by atoms with van der Waals surface area (Å²) >= 11 is 2.36. The number of thioether (sulfide) groups is 1. The summed E-state index contributed by atoms with van der Waals surface area (Å²) in [5, 5.41) is 11.1. The predicted octanol–water partition coefficient (Wildman–Crippen LogP) is 1.16. The maximum absolute atomic E-state index is 11.5. The molecule has 2 aromatic heterocycles. The molecule has 0 aromatic carbocycles. The van der Waals surface area contributed by atoms with E-state index in [0.29, 0.717) is 15.4 Å². The van der Waals surface area contributed by atoms with E-state index in [1.165, 1.54) is 11.3 Å². The Morgan fingerprint density at radius 1 is 1.67 bits per heavy atom. The van der Waals surface area contributed by atoms with Gasteiger partial charge in [0.25, 0.3) is 5.56 Å². The molecule has 0 saturated heterocycles. The van der Waals surface area contributed by atoms with Crippen molar-refractivity contribution in [2.45, 2.75) is 5.16 Å². The van der Waals surface area contributed by atoms with Gasteiger partial charge in [0.2, 0.25) is 0 Å². The third kappa shape index (κ3) is 2.18. The van der Waals surface area contributed by atoms with Crippen molar-refractivity contribution < 1.29 is 9.90 Å². The van der Waals surface area contributed by atoms with Gasteiger partial charge in [0.05, 0.1) is 11.1 Å². The Bertz CT molecular complexity index is 560. The Labute approximate surface area is 92.2 Å². The molecule has 15 heavy (non-hydrogen) atoms. The van der Waals surface area contributed by atoms with Gasteiger partial charge in [-0.25, -0.2) is 4.98 Å². The maximum Gasteiger partial charge on any atom is 0.313 e. The molecule has 0 aliphatic heterocycles. The van der Waals surface area contributed by atoms with Crippen molar-refractivity contribution in [3.63, 3.8) is 0 Å². The fourth-order valence-corrected chi connectivity index (χ4v) is 2.45. The van der Waals surface area contributed by atoms with Crippen LogP contribution in [0.4, 0.5) is 0 Å². The number of nitrogens with zero attached hydrogens (tertiary/aromatic N) is 1. The summed E-state index contributed by atoms with van der Waals surface area (Å²) in [6, 6.07) is 1.69. The molecule has 0 unspecified atom stereocenters. The monoisotopic (exact) mass is 242 g/mol. The van der Waals surface area contributed by atoms with Crippen LogP contribution < -0.4 is 5.56 Å². The molecular formula is C8H6N2O3S2. The minimum atomic E-state index is -0.936. The highest BCUT2D eigenvalue weighted by Gasteiger charge is 2.06. The lowest BCUT2D eigenvalue weighted by Gasteiger charge is -1.97. The molecule has 5 nitrogen and oxygen atoms in total. The van der Waals surface area contributed by atoms with Crippen LogP contribution in [-0.2, 0) is 4.79 Å². The molecule has 0 spiro atoms. The largest absolute Gasteiger partial charge is 0.481 e. The zero-order valence-electron chi connectivity index (χ0n) is 7.39. The van der Waals surface area contributed by atoms with Gasteiger partial charge in [-0.2, -0.15) is 0 Å². The minimum absolute atomic E-state index is 0.111. The third-order valence-corrected chi connectivity index (χ3v) is 3.31. The summed E-state index contributed by atoms with van der Waals surface area (Å²) in [6.45, 7) is 0. The van der Waals surface area contributed by atoms with Crippen molar-refractivity contribution in [1.29, 1.82) is 0 Å². The molecular weight excluding hydrogens is 236 g/mol. The lowest BCUT2D eigenvalue weighted by atomic mass is 10.4. The fraction of sp³-hybridized carbons (Fsp3) is 0.125. The van der Waals surface area contributed by atoms with E-state index in [-0.39, 0.29) is 11.3 Å². The zero-order chi connectivity index (χ0) is 10.8.